The molecule has 0 spiro atoms. The van der Waals surface area contributed by atoms with Crippen LogP contribution in [-0.4, -0.2) is 54.9 Å². The molecule has 19 heavy (non-hydrogen) atoms. The molecule has 1 aliphatic heterocycles. The van der Waals surface area contributed by atoms with Crippen molar-refractivity contribution in [2.45, 2.75) is 31.9 Å². The first kappa shape index (κ1) is 16.2. The van der Waals surface area contributed by atoms with Gasteiger partial charge in [-0.2, -0.15) is 13.2 Å². The molecule has 1 rings (SSSR count). The van der Waals surface area contributed by atoms with Crippen LogP contribution in [0, 0.1) is 5.92 Å². The zero-order chi connectivity index (χ0) is 14.3. The number of piperidine rings is 1. The summed E-state index contributed by atoms with van der Waals surface area (Å²) in [4.78, 5) is 13.3. The number of rotatable bonds is 6. The molecule has 1 amide bonds. The van der Waals surface area contributed by atoms with E-state index in [0.29, 0.717) is 13.1 Å². The minimum Gasteiger partial charge on any atom is -0.396 e. The van der Waals surface area contributed by atoms with Gasteiger partial charge in [-0.05, 0) is 25.3 Å². The summed E-state index contributed by atoms with van der Waals surface area (Å²) in [6.07, 6.45) is -3.85. The molecule has 0 aromatic carbocycles. The van der Waals surface area contributed by atoms with Gasteiger partial charge in [-0.25, -0.2) is 0 Å². The average molecular weight is 282 g/mol. The van der Waals surface area contributed by atoms with Gasteiger partial charge in [-0.3, -0.25) is 4.79 Å². The van der Waals surface area contributed by atoms with Crippen LogP contribution in [0.3, 0.4) is 0 Å². The van der Waals surface area contributed by atoms with Crippen LogP contribution in [0.5, 0.6) is 0 Å². The van der Waals surface area contributed by atoms with E-state index >= 15 is 0 Å². The number of nitrogens with zero attached hydrogens (tertiary/aromatic N) is 1. The molecule has 1 aliphatic rings. The first-order valence-electron chi connectivity index (χ1n) is 6.57. The van der Waals surface area contributed by atoms with Gasteiger partial charge in [-0.15, -0.1) is 0 Å². The highest BCUT2D eigenvalue weighted by atomic mass is 19.4. The van der Waals surface area contributed by atoms with E-state index in [0.717, 1.165) is 25.9 Å². The van der Waals surface area contributed by atoms with Crippen LogP contribution in [0.2, 0.25) is 0 Å². The summed E-state index contributed by atoms with van der Waals surface area (Å²) >= 11 is 0. The Hall–Kier alpha value is -0.820. The number of alkyl halides is 3. The lowest BCUT2D eigenvalue weighted by atomic mass is 9.99. The SMILES string of the molecule is O=C(CCC(F)(F)F)NCCN1CCC[C@@H](CO)C1. The Morgan fingerprint density at radius 3 is 2.79 bits per heavy atom. The van der Waals surface area contributed by atoms with Crippen LogP contribution in [0.25, 0.3) is 0 Å². The number of carbonyl (C=O) groups is 1. The number of halogens is 3. The number of hydrogen-bond acceptors (Lipinski definition) is 3. The lowest BCUT2D eigenvalue weighted by Crippen LogP contribution is -2.41. The van der Waals surface area contributed by atoms with Crippen molar-refractivity contribution in [1.29, 1.82) is 0 Å². The molecule has 1 saturated heterocycles. The molecule has 7 heteroatoms. The maximum atomic E-state index is 11.9. The third-order valence-electron chi connectivity index (χ3n) is 3.25. The van der Waals surface area contributed by atoms with Crippen LogP contribution in [0.1, 0.15) is 25.7 Å². The summed E-state index contributed by atoms with van der Waals surface area (Å²) in [5.41, 5.74) is 0. The zero-order valence-electron chi connectivity index (χ0n) is 10.9. The summed E-state index contributed by atoms with van der Waals surface area (Å²) in [5, 5.41) is 11.6. The molecular formula is C12H21F3N2O2. The quantitative estimate of drug-likeness (QED) is 0.768. The lowest BCUT2D eigenvalue weighted by molar-refractivity contribution is -0.144. The fourth-order valence-electron chi connectivity index (χ4n) is 2.20. The zero-order valence-corrected chi connectivity index (χ0v) is 10.9. The minimum atomic E-state index is -4.28. The van der Waals surface area contributed by atoms with Gasteiger partial charge in [0.15, 0.2) is 0 Å². The van der Waals surface area contributed by atoms with Crippen molar-refractivity contribution in [1.82, 2.24) is 10.2 Å². The highest BCUT2D eigenvalue weighted by Crippen LogP contribution is 2.21. The topological polar surface area (TPSA) is 52.6 Å². The summed E-state index contributed by atoms with van der Waals surface area (Å²) in [7, 11) is 0. The Labute approximate surface area is 111 Å². The van der Waals surface area contributed by atoms with Gasteiger partial charge in [0.25, 0.3) is 0 Å². The van der Waals surface area contributed by atoms with E-state index in [4.69, 9.17) is 5.11 Å². The molecule has 4 nitrogen and oxygen atoms in total. The standard InChI is InChI=1S/C12H21F3N2O2/c13-12(14,15)4-3-11(19)16-5-7-17-6-1-2-10(8-17)9-18/h10,18H,1-9H2,(H,16,19)/t10-/m1/s1. The summed E-state index contributed by atoms with van der Waals surface area (Å²) in [5.74, 6) is -0.289. The van der Waals surface area contributed by atoms with Gasteiger partial charge >= 0.3 is 6.18 Å². The lowest BCUT2D eigenvalue weighted by Gasteiger charge is -2.31. The minimum absolute atomic E-state index is 0.161. The third-order valence-corrected chi connectivity index (χ3v) is 3.25. The predicted octanol–water partition coefficient (Wildman–Crippen LogP) is 1.15. The average Bonchev–Trinajstić information content (AvgIpc) is 2.36. The van der Waals surface area contributed by atoms with Crippen molar-refractivity contribution in [3.8, 4) is 0 Å². The fraction of sp³-hybridized carbons (Fsp3) is 0.917. The van der Waals surface area contributed by atoms with E-state index < -0.39 is 24.9 Å². The molecule has 0 aromatic heterocycles. The molecule has 1 fully saturated rings. The van der Waals surface area contributed by atoms with Crippen molar-refractivity contribution in [2.75, 3.05) is 32.8 Å². The monoisotopic (exact) mass is 282 g/mol. The molecule has 112 valence electrons. The number of hydrogen-bond donors (Lipinski definition) is 2. The molecule has 0 saturated carbocycles. The highest BCUT2D eigenvalue weighted by molar-refractivity contribution is 5.75. The molecule has 0 bridgehead atoms. The van der Waals surface area contributed by atoms with Crippen LogP contribution in [-0.2, 0) is 4.79 Å². The first-order valence-corrected chi connectivity index (χ1v) is 6.57. The largest absolute Gasteiger partial charge is 0.396 e. The van der Waals surface area contributed by atoms with E-state index in [1.54, 1.807) is 0 Å². The number of likely N-dealkylation sites (tertiary alicyclic amines) is 1. The van der Waals surface area contributed by atoms with Crippen molar-refractivity contribution in [2.24, 2.45) is 5.92 Å². The number of aliphatic hydroxyl groups is 1. The van der Waals surface area contributed by atoms with Crippen molar-refractivity contribution < 1.29 is 23.1 Å². The smallest absolute Gasteiger partial charge is 0.389 e. The molecule has 0 radical (unpaired) electrons. The molecule has 1 atom stereocenters. The first-order chi connectivity index (χ1) is 8.90. The van der Waals surface area contributed by atoms with Crippen LogP contribution in [0.4, 0.5) is 13.2 Å². The Balaban J connectivity index is 2.11. The van der Waals surface area contributed by atoms with Gasteiger partial charge in [0.1, 0.15) is 0 Å². The highest BCUT2D eigenvalue weighted by Gasteiger charge is 2.27. The van der Waals surface area contributed by atoms with Gasteiger partial charge in [0.05, 0.1) is 6.42 Å². The second-order valence-corrected chi connectivity index (χ2v) is 4.96. The Morgan fingerprint density at radius 2 is 2.16 bits per heavy atom. The van der Waals surface area contributed by atoms with Crippen molar-refractivity contribution >= 4 is 5.91 Å². The number of carbonyl (C=O) groups excluding carboxylic acids is 1. The van der Waals surface area contributed by atoms with Gasteiger partial charge < -0.3 is 15.3 Å². The van der Waals surface area contributed by atoms with E-state index in [-0.39, 0.29) is 12.5 Å². The van der Waals surface area contributed by atoms with Gasteiger partial charge in [-0.1, -0.05) is 0 Å². The molecule has 0 unspecified atom stereocenters. The molecule has 0 aliphatic carbocycles. The maximum Gasteiger partial charge on any atom is 0.389 e. The van der Waals surface area contributed by atoms with Crippen LogP contribution >= 0.6 is 0 Å². The van der Waals surface area contributed by atoms with E-state index in [1.807, 2.05) is 0 Å². The molecule has 2 N–H and O–H groups in total. The third kappa shape index (κ3) is 7.37. The fourth-order valence-corrected chi connectivity index (χ4v) is 2.20. The van der Waals surface area contributed by atoms with Gasteiger partial charge in [0, 0.05) is 32.7 Å². The van der Waals surface area contributed by atoms with Gasteiger partial charge in [0.2, 0.25) is 5.91 Å². The second-order valence-electron chi connectivity index (χ2n) is 4.96. The predicted molar refractivity (Wildman–Crippen MR) is 64.5 cm³/mol. The van der Waals surface area contributed by atoms with E-state index in [2.05, 4.69) is 10.2 Å². The van der Waals surface area contributed by atoms with Crippen molar-refractivity contribution in [3.05, 3.63) is 0 Å². The molecular weight excluding hydrogens is 261 g/mol. The maximum absolute atomic E-state index is 11.9. The Kier molecular flexibility index (Phi) is 6.57. The summed E-state index contributed by atoms with van der Waals surface area (Å²) in [6.45, 7) is 2.83. The normalized spacial score (nSPS) is 21.4. The second kappa shape index (κ2) is 7.69. The van der Waals surface area contributed by atoms with E-state index in [1.165, 1.54) is 0 Å². The number of nitrogens with one attached hydrogen (secondary N) is 1. The number of aliphatic hydroxyl groups excluding tert-OH is 1. The number of amides is 1. The molecule has 0 aromatic rings. The van der Waals surface area contributed by atoms with Crippen molar-refractivity contribution in [3.63, 3.8) is 0 Å². The Bertz CT molecular complexity index is 285. The summed E-state index contributed by atoms with van der Waals surface area (Å²) in [6, 6.07) is 0. The summed E-state index contributed by atoms with van der Waals surface area (Å²) < 4.78 is 35.7. The Morgan fingerprint density at radius 1 is 1.42 bits per heavy atom. The van der Waals surface area contributed by atoms with Crippen LogP contribution in [0.15, 0.2) is 0 Å². The molecule has 1 heterocycles. The van der Waals surface area contributed by atoms with E-state index in [9.17, 15) is 18.0 Å². The van der Waals surface area contributed by atoms with Crippen LogP contribution < -0.4 is 5.32 Å².